The van der Waals surface area contributed by atoms with Crippen LogP contribution in [0.4, 0.5) is 0 Å². The Morgan fingerprint density at radius 3 is 2.77 bits per heavy atom. The highest BCUT2D eigenvalue weighted by Crippen LogP contribution is 2.25. The number of benzene rings is 1. The Balaban J connectivity index is 2.20. The first-order valence-electron chi connectivity index (χ1n) is 4.93. The first kappa shape index (κ1) is 8.73. The summed E-state index contributed by atoms with van der Waals surface area (Å²) in [5, 5.41) is 3.42. The predicted molar refractivity (Wildman–Crippen MR) is 54.6 cm³/mol. The SMILES string of the molecule is NCCc1ccccc1[C@@H]1CCN1. The van der Waals surface area contributed by atoms with Crippen molar-refractivity contribution in [2.24, 2.45) is 5.73 Å². The van der Waals surface area contributed by atoms with E-state index in [9.17, 15) is 0 Å². The van der Waals surface area contributed by atoms with Gasteiger partial charge in [0.05, 0.1) is 0 Å². The summed E-state index contributed by atoms with van der Waals surface area (Å²) in [6.45, 7) is 1.89. The first-order valence-corrected chi connectivity index (χ1v) is 4.93. The van der Waals surface area contributed by atoms with Gasteiger partial charge in [-0.1, -0.05) is 24.3 Å². The van der Waals surface area contributed by atoms with Crippen molar-refractivity contribution in [3.63, 3.8) is 0 Å². The summed E-state index contributed by atoms with van der Waals surface area (Å²) < 4.78 is 0. The fourth-order valence-corrected chi connectivity index (χ4v) is 1.81. The van der Waals surface area contributed by atoms with Gasteiger partial charge in [0.2, 0.25) is 0 Å². The van der Waals surface area contributed by atoms with Crippen molar-refractivity contribution >= 4 is 0 Å². The highest BCUT2D eigenvalue weighted by molar-refractivity contribution is 5.31. The molecular formula is C11H16N2. The molecule has 70 valence electrons. The van der Waals surface area contributed by atoms with Crippen molar-refractivity contribution in [2.45, 2.75) is 18.9 Å². The van der Waals surface area contributed by atoms with Crippen LogP contribution in [0.1, 0.15) is 23.6 Å². The minimum Gasteiger partial charge on any atom is -0.330 e. The van der Waals surface area contributed by atoms with Crippen LogP contribution in [-0.4, -0.2) is 13.1 Å². The van der Waals surface area contributed by atoms with Crippen molar-refractivity contribution in [2.75, 3.05) is 13.1 Å². The van der Waals surface area contributed by atoms with Crippen molar-refractivity contribution in [1.29, 1.82) is 0 Å². The molecule has 0 aromatic heterocycles. The second-order valence-electron chi connectivity index (χ2n) is 3.53. The van der Waals surface area contributed by atoms with Crippen LogP contribution in [0.5, 0.6) is 0 Å². The average Bonchev–Trinajstić information content (AvgIpc) is 2.05. The van der Waals surface area contributed by atoms with E-state index in [1.165, 1.54) is 17.5 Å². The van der Waals surface area contributed by atoms with Gasteiger partial charge in [-0.3, -0.25) is 0 Å². The van der Waals surface area contributed by atoms with Crippen LogP contribution in [0.25, 0.3) is 0 Å². The number of rotatable bonds is 3. The van der Waals surface area contributed by atoms with Crippen LogP contribution in [0.2, 0.25) is 0 Å². The summed E-state index contributed by atoms with van der Waals surface area (Å²) in [4.78, 5) is 0. The molecule has 13 heavy (non-hydrogen) atoms. The van der Waals surface area contributed by atoms with Gasteiger partial charge in [-0.05, 0) is 37.1 Å². The smallest absolute Gasteiger partial charge is 0.0335 e. The van der Waals surface area contributed by atoms with E-state index in [1.807, 2.05) is 0 Å². The molecule has 1 fully saturated rings. The van der Waals surface area contributed by atoms with Crippen molar-refractivity contribution in [3.8, 4) is 0 Å². The molecule has 1 atom stereocenters. The van der Waals surface area contributed by atoms with Crippen molar-refractivity contribution < 1.29 is 0 Å². The standard InChI is InChI=1S/C11H16N2/c12-7-5-9-3-1-2-4-10(9)11-6-8-13-11/h1-4,11,13H,5-8,12H2/t11-/m0/s1. The zero-order valence-corrected chi connectivity index (χ0v) is 7.79. The lowest BCUT2D eigenvalue weighted by Crippen LogP contribution is -2.35. The fraction of sp³-hybridized carbons (Fsp3) is 0.455. The third kappa shape index (κ3) is 1.74. The Morgan fingerprint density at radius 2 is 2.15 bits per heavy atom. The van der Waals surface area contributed by atoms with Gasteiger partial charge in [-0.2, -0.15) is 0 Å². The van der Waals surface area contributed by atoms with Gasteiger partial charge in [0.15, 0.2) is 0 Å². The average molecular weight is 176 g/mol. The van der Waals surface area contributed by atoms with Crippen molar-refractivity contribution in [3.05, 3.63) is 35.4 Å². The Labute approximate surface area is 79.1 Å². The van der Waals surface area contributed by atoms with E-state index >= 15 is 0 Å². The zero-order valence-electron chi connectivity index (χ0n) is 7.79. The van der Waals surface area contributed by atoms with Crippen LogP contribution in [0.15, 0.2) is 24.3 Å². The topological polar surface area (TPSA) is 38.0 Å². The van der Waals surface area contributed by atoms with E-state index in [0.717, 1.165) is 19.5 Å². The number of hydrogen-bond donors (Lipinski definition) is 2. The largest absolute Gasteiger partial charge is 0.330 e. The maximum absolute atomic E-state index is 5.57. The monoisotopic (exact) mass is 176 g/mol. The molecule has 0 aliphatic carbocycles. The summed E-state index contributed by atoms with van der Waals surface area (Å²) in [5.41, 5.74) is 8.42. The summed E-state index contributed by atoms with van der Waals surface area (Å²) in [5.74, 6) is 0. The Kier molecular flexibility index (Phi) is 2.62. The maximum atomic E-state index is 5.57. The Morgan fingerprint density at radius 1 is 1.38 bits per heavy atom. The molecule has 1 aromatic carbocycles. The number of nitrogens with two attached hydrogens (primary N) is 1. The minimum atomic E-state index is 0.586. The van der Waals surface area contributed by atoms with E-state index in [4.69, 9.17) is 5.73 Å². The molecule has 1 saturated heterocycles. The molecule has 2 nitrogen and oxygen atoms in total. The Hall–Kier alpha value is -0.860. The Bertz CT molecular complexity index is 279. The predicted octanol–water partition coefficient (Wildman–Crippen LogP) is 1.22. The van der Waals surface area contributed by atoms with Gasteiger partial charge < -0.3 is 11.1 Å². The highest BCUT2D eigenvalue weighted by Gasteiger charge is 2.20. The minimum absolute atomic E-state index is 0.586. The summed E-state index contributed by atoms with van der Waals surface area (Å²) in [6.07, 6.45) is 2.26. The number of nitrogens with one attached hydrogen (secondary N) is 1. The van der Waals surface area contributed by atoms with Crippen LogP contribution in [-0.2, 0) is 6.42 Å². The fourth-order valence-electron chi connectivity index (χ4n) is 1.81. The van der Waals surface area contributed by atoms with Gasteiger partial charge in [-0.15, -0.1) is 0 Å². The lowest BCUT2D eigenvalue weighted by atomic mass is 9.92. The summed E-state index contributed by atoms with van der Waals surface area (Å²) >= 11 is 0. The van der Waals surface area contributed by atoms with Crippen LogP contribution >= 0.6 is 0 Å². The molecule has 2 rings (SSSR count). The molecular weight excluding hydrogens is 160 g/mol. The second-order valence-corrected chi connectivity index (χ2v) is 3.53. The lowest BCUT2D eigenvalue weighted by Gasteiger charge is -2.29. The molecule has 0 spiro atoms. The second kappa shape index (κ2) is 3.90. The van der Waals surface area contributed by atoms with Crippen LogP contribution in [0.3, 0.4) is 0 Å². The van der Waals surface area contributed by atoms with Gasteiger partial charge >= 0.3 is 0 Å². The van der Waals surface area contributed by atoms with Gasteiger partial charge in [0, 0.05) is 6.04 Å². The van der Waals surface area contributed by atoms with E-state index in [2.05, 4.69) is 29.6 Å². The lowest BCUT2D eigenvalue weighted by molar-refractivity contribution is 0.381. The molecule has 0 bridgehead atoms. The summed E-state index contributed by atoms with van der Waals surface area (Å²) in [6, 6.07) is 9.18. The van der Waals surface area contributed by atoms with Gasteiger partial charge in [0.1, 0.15) is 0 Å². The van der Waals surface area contributed by atoms with Crippen molar-refractivity contribution in [1.82, 2.24) is 5.32 Å². The molecule has 1 aliphatic rings. The quantitative estimate of drug-likeness (QED) is 0.726. The zero-order chi connectivity index (χ0) is 9.10. The van der Waals surface area contributed by atoms with Crippen LogP contribution < -0.4 is 11.1 Å². The third-order valence-electron chi connectivity index (χ3n) is 2.67. The van der Waals surface area contributed by atoms with E-state index in [-0.39, 0.29) is 0 Å². The molecule has 3 N–H and O–H groups in total. The third-order valence-corrected chi connectivity index (χ3v) is 2.67. The molecule has 0 amide bonds. The summed E-state index contributed by atoms with van der Waals surface area (Å²) in [7, 11) is 0. The van der Waals surface area contributed by atoms with Gasteiger partial charge in [0.25, 0.3) is 0 Å². The molecule has 0 unspecified atom stereocenters. The molecule has 1 aromatic rings. The van der Waals surface area contributed by atoms with E-state index < -0.39 is 0 Å². The van der Waals surface area contributed by atoms with Gasteiger partial charge in [-0.25, -0.2) is 0 Å². The molecule has 1 heterocycles. The van der Waals surface area contributed by atoms with E-state index in [1.54, 1.807) is 0 Å². The molecule has 1 aliphatic heterocycles. The normalized spacial score (nSPS) is 21.2. The number of hydrogen-bond acceptors (Lipinski definition) is 2. The van der Waals surface area contributed by atoms with E-state index in [0.29, 0.717) is 6.04 Å². The van der Waals surface area contributed by atoms with Crippen LogP contribution in [0, 0.1) is 0 Å². The molecule has 0 radical (unpaired) electrons. The molecule has 2 heteroatoms. The highest BCUT2D eigenvalue weighted by atomic mass is 15.0. The molecule has 0 saturated carbocycles. The maximum Gasteiger partial charge on any atom is 0.0335 e. The first-order chi connectivity index (χ1) is 6.42.